The summed E-state index contributed by atoms with van der Waals surface area (Å²) in [6.45, 7) is 9.33. The number of hydrogen-bond donors (Lipinski definition) is 0. The van der Waals surface area contributed by atoms with Gasteiger partial charge in [0.05, 0.1) is 25.8 Å². The zero-order valence-electron chi connectivity index (χ0n) is 26.0. The van der Waals surface area contributed by atoms with Gasteiger partial charge in [-0.25, -0.2) is 18.2 Å². The van der Waals surface area contributed by atoms with E-state index in [1.165, 1.54) is 12.1 Å². The van der Waals surface area contributed by atoms with Gasteiger partial charge in [0.15, 0.2) is 11.5 Å². The largest absolute Gasteiger partial charge is 0.497 e. The number of rotatable bonds is 8. The summed E-state index contributed by atoms with van der Waals surface area (Å²) in [4.78, 5) is 14.8. The molecular formula is C33H38F2N8O2. The van der Waals surface area contributed by atoms with E-state index < -0.39 is 6.43 Å². The van der Waals surface area contributed by atoms with Crippen LogP contribution in [0.2, 0.25) is 0 Å². The zero-order chi connectivity index (χ0) is 31.2. The van der Waals surface area contributed by atoms with Gasteiger partial charge >= 0.3 is 0 Å². The van der Waals surface area contributed by atoms with Crippen LogP contribution < -0.4 is 9.64 Å². The van der Waals surface area contributed by atoms with Crippen molar-refractivity contribution < 1.29 is 18.3 Å². The molecule has 0 radical (unpaired) electrons. The van der Waals surface area contributed by atoms with Crippen LogP contribution in [-0.4, -0.2) is 79.0 Å². The molecule has 0 aliphatic carbocycles. The number of nitrogens with zero attached hydrogens (tertiary/aromatic N) is 8. The van der Waals surface area contributed by atoms with Gasteiger partial charge in [-0.2, -0.15) is 4.98 Å². The molecule has 2 aromatic carbocycles. The lowest BCUT2D eigenvalue weighted by molar-refractivity contribution is 0.0972. The molecule has 7 rings (SSSR count). The Morgan fingerprint density at radius 1 is 0.956 bits per heavy atom. The van der Waals surface area contributed by atoms with Gasteiger partial charge in [-0.15, -0.1) is 10.2 Å². The van der Waals surface area contributed by atoms with Gasteiger partial charge in [-0.05, 0) is 56.9 Å². The SMILES string of the molecule is COc1ccc([C@@H](c2ccc(C(F)F)cc2)N2C[C@H](C)N(c3nc4nncn4c4c3nc(C)n4C[C@@H]3CCCO3)C[C@H]2C)cc1. The molecule has 10 nitrogen and oxygen atoms in total. The number of piperazine rings is 1. The molecule has 4 atom stereocenters. The highest BCUT2D eigenvalue weighted by molar-refractivity contribution is 5.87. The summed E-state index contributed by atoms with van der Waals surface area (Å²) >= 11 is 0. The Hall–Kier alpha value is -4.16. The van der Waals surface area contributed by atoms with Crippen LogP contribution in [-0.2, 0) is 11.3 Å². The second-order valence-corrected chi connectivity index (χ2v) is 12.2. The number of imidazole rings is 1. The number of halogens is 2. The van der Waals surface area contributed by atoms with E-state index in [0.717, 1.165) is 59.1 Å². The number of hydrogen-bond acceptors (Lipinski definition) is 8. The molecule has 2 saturated heterocycles. The van der Waals surface area contributed by atoms with E-state index in [4.69, 9.17) is 19.4 Å². The number of benzene rings is 2. The number of anilines is 1. The van der Waals surface area contributed by atoms with Crippen molar-refractivity contribution >= 4 is 22.8 Å². The van der Waals surface area contributed by atoms with Crippen LogP contribution in [0.3, 0.4) is 0 Å². The monoisotopic (exact) mass is 616 g/mol. The quantitative estimate of drug-likeness (QED) is 0.223. The van der Waals surface area contributed by atoms with Gasteiger partial charge in [0.2, 0.25) is 0 Å². The van der Waals surface area contributed by atoms with E-state index in [1.54, 1.807) is 13.4 Å². The first kappa shape index (κ1) is 29.5. The van der Waals surface area contributed by atoms with Crippen LogP contribution in [0.1, 0.15) is 61.7 Å². The summed E-state index contributed by atoms with van der Waals surface area (Å²) in [7, 11) is 1.65. The Morgan fingerprint density at radius 2 is 1.67 bits per heavy atom. The standard InChI is InChI=1S/C33H38F2N8O2/c1-20-17-41(31-28-32(43-19-36-39-33(43)38-31)42(22(3)37-28)18-27-6-5-15-45-27)21(2)16-40(20)29(24-11-13-26(44-4)14-12-24)23-7-9-25(10-8-23)30(34)35/h7-14,19-21,27,29-30H,5-6,15-18H2,1-4H3/t20-,21+,27+,29-/m1/s1. The lowest BCUT2D eigenvalue weighted by Gasteiger charge is -2.48. The van der Waals surface area contributed by atoms with Crippen molar-refractivity contribution in [2.45, 2.75) is 70.8 Å². The topological polar surface area (TPSA) is 85.8 Å². The Labute approximate surface area is 260 Å². The van der Waals surface area contributed by atoms with E-state index in [9.17, 15) is 8.78 Å². The first-order chi connectivity index (χ1) is 21.8. The molecule has 0 N–H and O–H groups in total. The second-order valence-electron chi connectivity index (χ2n) is 12.2. The minimum absolute atomic E-state index is 0.0201. The molecule has 2 fully saturated rings. The van der Waals surface area contributed by atoms with Crippen LogP contribution in [0.5, 0.6) is 5.75 Å². The molecular weight excluding hydrogens is 578 g/mol. The van der Waals surface area contributed by atoms with Gasteiger partial charge in [0.1, 0.15) is 23.4 Å². The summed E-state index contributed by atoms with van der Waals surface area (Å²) < 4.78 is 42.4. The van der Waals surface area contributed by atoms with Gasteiger partial charge in [-0.3, -0.25) is 4.90 Å². The minimum atomic E-state index is -2.51. The van der Waals surface area contributed by atoms with E-state index in [-0.39, 0.29) is 29.8 Å². The molecule has 5 aromatic rings. The van der Waals surface area contributed by atoms with Crippen LogP contribution >= 0.6 is 0 Å². The Balaban J connectivity index is 1.25. The van der Waals surface area contributed by atoms with Crippen molar-refractivity contribution in [3.8, 4) is 5.75 Å². The van der Waals surface area contributed by atoms with Crippen LogP contribution in [0.25, 0.3) is 16.9 Å². The van der Waals surface area contributed by atoms with Crippen LogP contribution in [0.4, 0.5) is 14.6 Å². The maximum absolute atomic E-state index is 13.4. The highest BCUT2D eigenvalue weighted by atomic mass is 19.3. The third-order valence-corrected chi connectivity index (χ3v) is 9.29. The molecule has 5 heterocycles. The molecule has 45 heavy (non-hydrogen) atoms. The highest BCUT2D eigenvalue weighted by Crippen LogP contribution is 2.37. The smallest absolute Gasteiger partial charge is 0.263 e. The van der Waals surface area contributed by atoms with Crippen molar-refractivity contribution in [1.29, 1.82) is 0 Å². The van der Waals surface area contributed by atoms with E-state index in [0.29, 0.717) is 25.4 Å². The van der Waals surface area contributed by atoms with Gasteiger partial charge in [0.25, 0.3) is 12.2 Å². The number of methoxy groups -OCH3 is 1. The van der Waals surface area contributed by atoms with E-state index in [2.05, 4.69) is 50.5 Å². The van der Waals surface area contributed by atoms with E-state index in [1.807, 2.05) is 35.6 Å². The van der Waals surface area contributed by atoms with Crippen molar-refractivity contribution in [3.05, 3.63) is 77.4 Å². The first-order valence-corrected chi connectivity index (χ1v) is 15.5. The molecule has 3 aromatic heterocycles. The van der Waals surface area contributed by atoms with Gasteiger partial charge in [-0.1, -0.05) is 36.4 Å². The maximum Gasteiger partial charge on any atom is 0.263 e. The van der Waals surface area contributed by atoms with Crippen molar-refractivity contribution in [2.24, 2.45) is 0 Å². The molecule has 236 valence electrons. The fourth-order valence-corrected chi connectivity index (χ4v) is 6.95. The summed E-state index contributed by atoms with van der Waals surface area (Å²) in [6, 6.07) is 14.7. The summed E-state index contributed by atoms with van der Waals surface area (Å²) in [5.74, 6) is 2.99. The predicted octanol–water partition coefficient (Wildman–Crippen LogP) is 5.60. The number of aromatic nitrogens is 6. The van der Waals surface area contributed by atoms with Crippen molar-refractivity contribution in [2.75, 3.05) is 31.7 Å². The Morgan fingerprint density at radius 3 is 2.33 bits per heavy atom. The van der Waals surface area contributed by atoms with Crippen LogP contribution in [0.15, 0.2) is 54.9 Å². The third-order valence-electron chi connectivity index (χ3n) is 9.29. The molecule has 0 bridgehead atoms. The number of aryl methyl sites for hydroxylation is 1. The number of ether oxygens (including phenoxy) is 2. The fourth-order valence-electron chi connectivity index (χ4n) is 6.95. The lowest BCUT2D eigenvalue weighted by Crippen LogP contribution is -2.57. The normalized spacial score (nSPS) is 21.8. The third kappa shape index (κ3) is 5.39. The summed E-state index contributed by atoms with van der Waals surface area (Å²) in [6.07, 6.45) is 1.43. The lowest BCUT2D eigenvalue weighted by atomic mass is 9.93. The average Bonchev–Trinajstić information content (AvgIpc) is 3.80. The Kier molecular flexibility index (Phi) is 7.86. The van der Waals surface area contributed by atoms with Gasteiger partial charge in [0, 0.05) is 37.3 Å². The number of fused-ring (bicyclic) bond motifs is 3. The fraction of sp³-hybridized carbons (Fsp3) is 0.455. The molecule has 0 saturated carbocycles. The summed E-state index contributed by atoms with van der Waals surface area (Å²) in [5, 5.41) is 8.52. The maximum atomic E-state index is 13.4. The first-order valence-electron chi connectivity index (χ1n) is 15.5. The Bertz CT molecular complexity index is 1780. The predicted molar refractivity (Wildman–Crippen MR) is 167 cm³/mol. The van der Waals surface area contributed by atoms with Crippen molar-refractivity contribution in [3.63, 3.8) is 0 Å². The molecule has 12 heteroatoms. The van der Waals surface area contributed by atoms with Crippen LogP contribution in [0, 0.1) is 6.92 Å². The highest BCUT2D eigenvalue weighted by Gasteiger charge is 2.37. The van der Waals surface area contributed by atoms with Crippen molar-refractivity contribution in [1.82, 2.24) is 34.0 Å². The average molecular weight is 617 g/mol. The number of alkyl halides is 2. The summed E-state index contributed by atoms with van der Waals surface area (Å²) in [5.41, 5.74) is 3.80. The van der Waals surface area contributed by atoms with E-state index >= 15 is 0 Å². The molecule has 0 unspecified atom stereocenters. The minimum Gasteiger partial charge on any atom is -0.497 e. The molecule has 2 aliphatic rings. The second kappa shape index (κ2) is 12.0. The van der Waals surface area contributed by atoms with Gasteiger partial charge < -0.3 is 18.9 Å². The zero-order valence-corrected chi connectivity index (χ0v) is 26.0. The molecule has 2 aliphatic heterocycles. The molecule has 0 amide bonds. The molecule has 0 spiro atoms.